The second-order valence-electron chi connectivity index (χ2n) is 5.58. The highest BCUT2D eigenvalue weighted by Crippen LogP contribution is 2.42. The molecular formula is C19H19NO4. The number of carbonyl (C=O) groups is 1. The molecule has 0 saturated heterocycles. The van der Waals surface area contributed by atoms with Crippen LogP contribution in [0.5, 0.6) is 11.5 Å². The molecule has 0 amide bonds. The van der Waals surface area contributed by atoms with Crippen molar-refractivity contribution in [2.45, 2.75) is 0 Å². The van der Waals surface area contributed by atoms with Gasteiger partial charge in [0.15, 0.2) is 11.5 Å². The molecule has 0 spiro atoms. The molecule has 3 rings (SSSR count). The van der Waals surface area contributed by atoms with Gasteiger partial charge in [0.2, 0.25) is 6.79 Å². The van der Waals surface area contributed by atoms with Crippen molar-refractivity contribution in [2.75, 3.05) is 32.9 Å². The SMILES string of the molecule is C=Cc1cccc(-c2cc3c(cc2C(=O)OC)OCO3)c1N(C)C. The smallest absolute Gasteiger partial charge is 0.338 e. The second-order valence-corrected chi connectivity index (χ2v) is 5.58. The van der Waals surface area contributed by atoms with Gasteiger partial charge in [0.1, 0.15) is 0 Å². The molecule has 24 heavy (non-hydrogen) atoms. The zero-order valence-electron chi connectivity index (χ0n) is 14.0. The highest BCUT2D eigenvalue weighted by atomic mass is 16.7. The van der Waals surface area contributed by atoms with Crippen LogP contribution in [0.3, 0.4) is 0 Å². The summed E-state index contributed by atoms with van der Waals surface area (Å²) < 4.78 is 15.8. The zero-order valence-corrected chi connectivity index (χ0v) is 14.0. The van der Waals surface area contributed by atoms with Gasteiger partial charge in [-0.3, -0.25) is 0 Å². The van der Waals surface area contributed by atoms with Crippen LogP contribution in [0.1, 0.15) is 15.9 Å². The van der Waals surface area contributed by atoms with Crippen molar-refractivity contribution < 1.29 is 19.0 Å². The molecule has 0 radical (unpaired) electrons. The Morgan fingerprint density at radius 2 is 1.92 bits per heavy atom. The lowest BCUT2D eigenvalue weighted by molar-refractivity contribution is 0.0601. The number of benzene rings is 2. The maximum absolute atomic E-state index is 12.3. The fourth-order valence-corrected chi connectivity index (χ4v) is 2.89. The first-order chi connectivity index (χ1) is 11.6. The second kappa shape index (κ2) is 6.28. The Balaban J connectivity index is 2.30. The van der Waals surface area contributed by atoms with E-state index in [2.05, 4.69) is 6.58 Å². The summed E-state index contributed by atoms with van der Waals surface area (Å²) in [6.07, 6.45) is 1.80. The average molecular weight is 325 g/mol. The van der Waals surface area contributed by atoms with Gasteiger partial charge in [0.05, 0.1) is 18.4 Å². The van der Waals surface area contributed by atoms with Crippen LogP contribution < -0.4 is 14.4 Å². The number of carbonyl (C=O) groups excluding carboxylic acids is 1. The van der Waals surface area contributed by atoms with Gasteiger partial charge in [-0.15, -0.1) is 0 Å². The van der Waals surface area contributed by atoms with Crippen molar-refractivity contribution >= 4 is 17.7 Å². The largest absolute Gasteiger partial charge is 0.465 e. The molecule has 2 aromatic rings. The Labute approximate surface area is 141 Å². The highest BCUT2D eigenvalue weighted by Gasteiger charge is 2.24. The normalized spacial score (nSPS) is 12.0. The molecule has 0 saturated carbocycles. The fraction of sp³-hybridized carbons (Fsp3) is 0.211. The minimum Gasteiger partial charge on any atom is -0.465 e. The number of nitrogens with zero attached hydrogens (tertiary/aromatic N) is 1. The summed E-state index contributed by atoms with van der Waals surface area (Å²) in [6.45, 7) is 4.02. The van der Waals surface area contributed by atoms with E-state index in [4.69, 9.17) is 14.2 Å². The Bertz CT molecular complexity index is 811. The van der Waals surface area contributed by atoms with E-state index in [1.807, 2.05) is 43.3 Å². The van der Waals surface area contributed by atoms with Crippen molar-refractivity contribution in [3.8, 4) is 22.6 Å². The Morgan fingerprint density at radius 1 is 1.21 bits per heavy atom. The molecule has 0 N–H and O–H groups in total. The van der Waals surface area contributed by atoms with Crippen molar-refractivity contribution in [3.63, 3.8) is 0 Å². The number of esters is 1. The van der Waals surface area contributed by atoms with E-state index >= 15 is 0 Å². The first-order valence-corrected chi connectivity index (χ1v) is 7.52. The van der Waals surface area contributed by atoms with E-state index in [-0.39, 0.29) is 6.79 Å². The molecule has 0 unspecified atom stereocenters. The standard InChI is InChI=1S/C19H19NO4/c1-5-12-7-6-8-13(18(12)20(2)3)14-9-16-17(24-11-23-16)10-15(14)19(21)22-4/h5-10H,1,11H2,2-4H3. The molecule has 0 atom stereocenters. The van der Waals surface area contributed by atoms with E-state index in [1.54, 1.807) is 12.1 Å². The summed E-state index contributed by atoms with van der Waals surface area (Å²) in [5.74, 6) is 0.744. The molecule has 2 aromatic carbocycles. The van der Waals surface area contributed by atoms with Gasteiger partial charge in [0, 0.05) is 25.2 Å². The summed E-state index contributed by atoms with van der Waals surface area (Å²) in [5, 5.41) is 0. The summed E-state index contributed by atoms with van der Waals surface area (Å²) in [6, 6.07) is 9.38. The van der Waals surface area contributed by atoms with Crippen LogP contribution in [-0.2, 0) is 4.74 Å². The van der Waals surface area contributed by atoms with Crippen LogP contribution >= 0.6 is 0 Å². The molecule has 124 valence electrons. The molecule has 1 aliphatic heterocycles. The van der Waals surface area contributed by atoms with Crippen LogP contribution in [0, 0.1) is 0 Å². The first kappa shape index (κ1) is 15.9. The number of ether oxygens (including phenoxy) is 3. The monoisotopic (exact) mass is 325 g/mol. The van der Waals surface area contributed by atoms with Gasteiger partial charge in [-0.2, -0.15) is 0 Å². The average Bonchev–Trinajstić information content (AvgIpc) is 3.06. The third-order valence-electron chi connectivity index (χ3n) is 3.94. The van der Waals surface area contributed by atoms with Gasteiger partial charge in [0.25, 0.3) is 0 Å². The number of methoxy groups -OCH3 is 1. The van der Waals surface area contributed by atoms with Crippen LogP contribution in [-0.4, -0.2) is 34.0 Å². The first-order valence-electron chi connectivity index (χ1n) is 7.52. The zero-order chi connectivity index (χ0) is 17.3. The van der Waals surface area contributed by atoms with Crippen LogP contribution in [0.4, 0.5) is 5.69 Å². The van der Waals surface area contributed by atoms with Gasteiger partial charge >= 0.3 is 5.97 Å². The summed E-state index contributed by atoms with van der Waals surface area (Å²) in [7, 11) is 5.27. The molecule has 0 fully saturated rings. The van der Waals surface area contributed by atoms with E-state index in [0.717, 1.165) is 22.4 Å². The number of para-hydroxylation sites is 1. The van der Waals surface area contributed by atoms with Crippen LogP contribution in [0.25, 0.3) is 17.2 Å². The molecular weight excluding hydrogens is 306 g/mol. The van der Waals surface area contributed by atoms with Crippen LogP contribution in [0.2, 0.25) is 0 Å². The summed E-state index contributed by atoms with van der Waals surface area (Å²) in [5.41, 5.74) is 4.02. The van der Waals surface area contributed by atoms with Gasteiger partial charge in [-0.1, -0.05) is 30.9 Å². The van der Waals surface area contributed by atoms with Crippen molar-refractivity contribution in [1.29, 1.82) is 0 Å². The van der Waals surface area contributed by atoms with Gasteiger partial charge < -0.3 is 19.1 Å². The molecule has 5 nitrogen and oxygen atoms in total. The molecule has 1 heterocycles. The van der Waals surface area contributed by atoms with Gasteiger partial charge in [-0.05, 0) is 17.7 Å². The predicted molar refractivity (Wildman–Crippen MR) is 93.8 cm³/mol. The summed E-state index contributed by atoms with van der Waals surface area (Å²) >= 11 is 0. The predicted octanol–water partition coefficient (Wildman–Crippen LogP) is 3.58. The number of fused-ring (bicyclic) bond motifs is 1. The number of hydrogen-bond donors (Lipinski definition) is 0. The Kier molecular flexibility index (Phi) is 4.16. The van der Waals surface area contributed by atoms with E-state index in [9.17, 15) is 4.79 Å². The molecule has 0 bridgehead atoms. The third-order valence-corrected chi connectivity index (χ3v) is 3.94. The number of anilines is 1. The van der Waals surface area contributed by atoms with Crippen molar-refractivity contribution in [2.24, 2.45) is 0 Å². The Morgan fingerprint density at radius 3 is 2.54 bits per heavy atom. The van der Waals surface area contributed by atoms with E-state index in [1.165, 1.54) is 7.11 Å². The van der Waals surface area contributed by atoms with Crippen molar-refractivity contribution in [3.05, 3.63) is 48.0 Å². The molecule has 0 aromatic heterocycles. The lowest BCUT2D eigenvalue weighted by Crippen LogP contribution is -2.13. The third kappa shape index (κ3) is 2.58. The maximum Gasteiger partial charge on any atom is 0.338 e. The van der Waals surface area contributed by atoms with Crippen LogP contribution in [0.15, 0.2) is 36.9 Å². The number of hydrogen-bond acceptors (Lipinski definition) is 5. The Hall–Kier alpha value is -2.95. The summed E-state index contributed by atoms with van der Waals surface area (Å²) in [4.78, 5) is 14.3. The fourth-order valence-electron chi connectivity index (χ4n) is 2.89. The quantitative estimate of drug-likeness (QED) is 0.804. The van der Waals surface area contributed by atoms with Crippen molar-refractivity contribution in [1.82, 2.24) is 0 Å². The molecule has 1 aliphatic rings. The number of rotatable bonds is 4. The van der Waals surface area contributed by atoms with Gasteiger partial charge in [-0.25, -0.2) is 4.79 Å². The minimum absolute atomic E-state index is 0.145. The molecule has 5 heteroatoms. The lowest BCUT2D eigenvalue weighted by atomic mass is 9.94. The molecule has 0 aliphatic carbocycles. The van der Waals surface area contributed by atoms with E-state index < -0.39 is 5.97 Å². The topological polar surface area (TPSA) is 48.0 Å². The lowest BCUT2D eigenvalue weighted by Gasteiger charge is -2.21. The maximum atomic E-state index is 12.3. The minimum atomic E-state index is -0.419. The van der Waals surface area contributed by atoms with E-state index in [0.29, 0.717) is 17.1 Å². The highest BCUT2D eigenvalue weighted by molar-refractivity contribution is 6.01.